The van der Waals surface area contributed by atoms with Gasteiger partial charge < -0.3 is 5.73 Å². The fourth-order valence-corrected chi connectivity index (χ4v) is 1.37. The first-order chi connectivity index (χ1) is 7.68. The third kappa shape index (κ3) is 1.98. The number of alkyl halides is 2. The van der Waals surface area contributed by atoms with Gasteiger partial charge in [-0.05, 0) is 0 Å². The van der Waals surface area contributed by atoms with E-state index >= 15 is 0 Å². The molecule has 16 heavy (non-hydrogen) atoms. The summed E-state index contributed by atoms with van der Waals surface area (Å²) in [6.45, 7) is 0. The van der Waals surface area contributed by atoms with Crippen LogP contribution in [0.15, 0.2) is 36.7 Å². The highest BCUT2D eigenvalue weighted by Crippen LogP contribution is 2.28. The summed E-state index contributed by atoms with van der Waals surface area (Å²) < 4.78 is 25.4. The van der Waals surface area contributed by atoms with Gasteiger partial charge in [0.05, 0.1) is 18.1 Å². The van der Waals surface area contributed by atoms with Crippen molar-refractivity contribution in [3.05, 3.63) is 42.2 Å². The van der Waals surface area contributed by atoms with E-state index in [0.717, 1.165) is 0 Å². The maximum atomic E-state index is 12.7. The third-order valence-electron chi connectivity index (χ3n) is 2.11. The van der Waals surface area contributed by atoms with Crippen LogP contribution in [0.1, 0.15) is 12.0 Å². The second-order valence-electron chi connectivity index (χ2n) is 3.23. The Balaban J connectivity index is 2.51. The Kier molecular flexibility index (Phi) is 2.76. The lowest BCUT2D eigenvalue weighted by atomic mass is 10.1. The molecule has 0 aliphatic rings. The number of nitrogen functional groups attached to an aromatic ring is 1. The number of nitrogens with two attached hydrogens (primary N) is 1. The molecule has 2 aromatic rings. The minimum atomic E-state index is -2.54. The molecule has 0 atom stereocenters. The van der Waals surface area contributed by atoms with Crippen LogP contribution in [0, 0.1) is 0 Å². The number of hydrogen-bond donors (Lipinski definition) is 1. The molecule has 1 aromatic carbocycles. The van der Waals surface area contributed by atoms with Gasteiger partial charge in [0.1, 0.15) is 0 Å². The summed E-state index contributed by atoms with van der Waals surface area (Å²) in [5.74, 6) is 0.255. The van der Waals surface area contributed by atoms with Gasteiger partial charge in [0.25, 0.3) is 6.43 Å². The van der Waals surface area contributed by atoms with Crippen LogP contribution in [0.5, 0.6) is 0 Å². The molecule has 0 aliphatic heterocycles. The molecule has 1 aromatic heterocycles. The Hall–Kier alpha value is -2.04. The predicted molar refractivity (Wildman–Crippen MR) is 56.8 cm³/mol. The number of hydrogen-bond acceptors (Lipinski definition) is 3. The highest BCUT2D eigenvalue weighted by molar-refractivity contribution is 5.60. The van der Waals surface area contributed by atoms with E-state index in [1.54, 1.807) is 18.2 Å². The van der Waals surface area contributed by atoms with Gasteiger partial charge in [-0.2, -0.15) is 0 Å². The third-order valence-corrected chi connectivity index (χ3v) is 2.11. The van der Waals surface area contributed by atoms with Crippen molar-refractivity contribution in [1.82, 2.24) is 9.97 Å². The molecule has 1 heterocycles. The molecule has 0 aliphatic carbocycles. The van der Waals surface area contributed by atoms with E-state index in [1.807, 2.05) is 0 Å². The molecule has 0 amide bonds. The minimum Gasteiger partial charge on any atom is -0.396 e. The van der Waals surface area contributed by atoms with E-state index in [1.165, 1.54) is 18.5 Å². The van der Waals surface area contributed by atoms with E-state index in [2.05, 4.69) is 9.97 Å². The average molecular weight is 221 g/mol. The predicted octanol–water partition coefficient (Wildman–Crippen LogP) is 2.66. The Morgan fingerprint density at radius 1 is 1.06 bits per heavy atom. The zero-order chi connectivity index (χ0) is 11.5. The summed E-state index contributed by atoms with van der Waals surface area (Å²) in [5, 5.41) is 0. The molecule has 0 spiro atoms. The Morgan fingerprint density at radius 3 is 2.31 bits per heavy atom. The van der Waals surface area contributed by atoms with E-state index < -0.39 is 6.43 Å². The molecule has 0 radical (unpaired) electrons. The minimum absolute atomic E-state index is 0.0766. The summed E-state index contributed by atoms with van der Waals surface area (Å²) in [6, 6.07) is 6.15. The van der Waals surface area contributed by atoms with E-state index in [4.69, 9.17) is 5.73 Å². The molecule has 82 valence electrons. The van der Waals surface area contributed by atoms with Gasteiger partial charge in [0, 0.05) is 11.1 Å². The molecular formula is C11H9F2N3. The first-order valence-electron chi connectivity index (χ1n) is 4.63. The number of aromatic nitrogens is 2. The van der Waals surface area contributed by atoms with Gasteiger partial charge >= 0.3 is 0 Å². The first kappa shape index (κ1) is 10.5. The zero-order valence-electron chi connectivity index (χ0n) is 8.27. The van der Waals surface area contributed by atoms with E-state index in [-0.39, 0.29) is 11.4 Å². The molecule has 0 unspecified atom stereocenters. The number of nitrogens with zero attached hydrogens (tertiary/aromatic N) is 2. The Labute approximate surface area is 91.0 Å². The maximum absolute atomic E-state index is 12.7. The lowest BCUT2D eigenvalue weighted by Crippen LogP contribution is -1.96. The van der Waals surface area contributed by atoms with Crippen LogP contribution in [0.2, 0.25) is 0 Å². The van der Waals surface area contributed by atoms with Gasteiger partial charge in [0.15, 0.2) is 5.82 Å². The molecule has 0 fully saturated rings. The van der Waals surface area contributed by atoms with Crippen LogP contribution in [-0.2, 0) is 0 Å². The standard InChI is InChI=1S/C11H9F2N3/c12-10(13)8-3-1-2-4-9(8)11-15-5-7(14)6-16-11/h1-6,10H,14H2. The molecule has 5 heteroatoms. The molecule has 2 N–H and O–H groups in total. The van der Waals surface area contributed by atoms with Gasteiger partial charge in [-0.3, -0.25) is 0 Å². The number of rotatable bonds is 2. The lowest BCUT2D eigenvalue weighted by Gasteiger charge is -2.06. The van der Waals surface area contributed by atoms with Crippen molar-refractivity contribution in [3.8, 4) is 11.4 Å². The highest BCUT2D eigenvalue weighted by Gasteiger charge is 2.14. The zero-order valence-corrected chi connectivity index (χ0v) is 8.27. The molecule has 0 saturated heterocycles. The lowest BCUT2D eigenvalue weighted by molar-refractivity contribution is 0.152. The quantitative estimate of drug-likeness (QED) is 0.848. The van der Waals surface area contributed by atoms with Crippen LogP contribution in [-0.4, -0.2) is 9.97 Å². The van der Waals surface area contributed by atoms with E-state index in [0.29, 0.717) is 11.3 Å². The van der Waals surface area contributed by atoms with Crippen molar-refractivity contribution in [1.29, 1.82) is 0 Å². The van der Waals surface area contributed by atoms with Crippen molar-refractivity contribution in [2.24, 2.45) is 0 Å². The van der Waals surface area contributed by atoms with Crippen LogP contribution in [0.4, 0.5) is 14.5 Å². The largest absolute Gasteiger partial charge is 0.396 e. The summed E-state index contributed by atoms with van der Waals surface area (Å²) in [5.41, 5.74) is 6.09. The summed E-state index contributed by atoms with van der Waals surface area (Å²) >= 11 is 0. The maximum Gasteiger partial charge on any atom is 0.264 e. The molecule has 2 rings (SSSR count). The second-order valence-corrected chi connectivity index (χ2v) is 3.23. The molecular weight excluding hydrogens is 212 g/mol. The van der Waals surface area contributed by atoms with Crippen molar-refractivity contribution in [2.45, 2.75) is 6.43 Å². The first-order valence-corrected chi connectivity index (χ1v) is 4.63. The van der Waals surface area contributed by atoms with Crippen LogP contribution in [0.25, 0.3) is 11.4 Å². The van der Waals surface area contributed by atoms with Gasteiger partial charge in [-0.25, -0.2) is 18.7 Å². The summed E-state index contributed by atoms with van der Waals surface area (Å²) in [6.07, 6.45) is 0.243. The van der Waals surface area contributed by atoms with Crippen LogP contribution < -0.4 is 5.73 Å². The number of anilines is 1. The molecule has 3 nitrogen and oxygen atoms in total. The fraction of sp³-hybridized carbons (Fsp3) is 0.0909. The monoisotopic (exact) mass is 221 g/mol. The van der Waals surface area contributed by atoms with Gasteiger partial charge in [-0.15, -0.1) is 0 Å². The van der Waals surface area contributed by atoms with Crippen molar-refractivity contribution in [3.63, 3.8) is 0 Å². The van der Waals surface area contributed by atoms with Gasteiger partial charge in [0.2, 0.25) is 0 Å². The van der Waals surface area contributed by atoms with Crippen molar-refractivity contribution in [2.75, 3.05) is 5.73 Å². The van der Waals surface area contributed by atoms with Crippen LogP contribution in [0.3, 0.4) is 0 Å². The summed E-state index contributed by atoms with van der Waals surface area (Å²) in [4.78, 5) is 7.84. The normalized spacial score (nSPS) is 10.7. The van der Waals surface area contributed by atoms with Gasteiger partial charge in [-0.1, -0.05) is 24.3 Å². The SMILES string of the molecule is Nc1cnc(-c2ccccc2C(F)F)nc1. The smallest absolute Gasteiger partial charge is 0.264 e. The Morgan fingerprint density at radius 2 is 1.69 bits per heavy atom. The number of benzene rings is 1. The second kappa shape index (κ2) is 4.22. The summed E-state index contributed by atoms with van der Waals surface area (Å²) in [7, 11) is 0. The van der Waals surface area contributed by atoms with Crippen molar-refractivity contribution >= 4 is 5.69 Å². The van der Waals surface area contributed by atoms with Crippen molar-refractivity contribution < 1.29 is 8.78 Å². The topological polar surface area (TPSA) is 51.8 Å². The Bertz CT molecular complexity index is 483. The fourth-order valence-electron chi connectivity index (χ4n) is 1.37. The average Bonchev–Trinajstić information content (AvgIpc) is 2.30. The molecule has 0 saturated carbocycles. The highest BCUT2D eigenvalue weighted by atomic mass is 19.3. The van der Waals surface area contributed by atoms with Crippen LogP contribution >= 0.6 is 0 Å². The number of halogens is 2. The molecule has 0 bridgehead atoms. The van der Waals surface area contributed by atoms with E-state index in [9.17, 15) is 8.78 Å².